The van der Waals surface area contributed by atoms with Gasteiger partial charge in [-0.2, -0.15) is 0 Å². The highest BCUT2D eigenvalue weighted by Gasteiger charge is 2.13. The lowest BCUT2D eigenvalue weighted by Gasteiger charge is -2.22. The van der Waals surface area contributed by atoms with Crippen molar-refractivity contribution < 1.29 is 0 Å². The first-order chi connectivity index (χ1) is 7.25. The Morgan fingerprint density at radius 3 is 2.40 bits per heavy atom. The molecule has 0 aliphatic heterocycles. The lowest BCUT2D eigenvalue weighted by molar-refractivity contribution is 0.410. The van der Waals surface area contributed by atoms with E-state index in [1.165, 1.54) is 5.56 Å². The molecule has 0 aliphatic rings. The van der Waals surface area contributed by atoms with E-state index in [-0.39, 0.29) is 0 Å². The largest absolute Gasteiger partial charge is 0.330 e. The molecular formula is C13H22N2. The van der Waals surface area contributed by atoms with E-state index < -0.39 is 0 Å². The van der Waals surface area contributed by atoms with Gasteiger partial charge >= 0.3 is 0 Å². The molecule has 0 radical (unpaired) electrons. The Balaban J connectivity index is 2.58. The summed E-state index contributed by atoms with van der Waals surface area (Å²) in [6, 6.07) is 11.0. The third-order valence-electron chi connectivity index (χ3n) is 2.57. The highest BCUT2D eigenvalue weighted by atomic mass is 14.9. The molecule has 0 saturated carbocycles. The number of nitrogens with two attached hydrogens (primary N) is 1. The van der Waals surface area contributed by atoms with Crippen molar-refractivity contribution in [3.05, 3.63) is 35.9 Å². The van der Waals surface area contributed by atoms with Crippen molar-refractivity contribution in [3.63, 3.8) is 0 Å². The zero-order valence-electron chi connectivity index (χ0n) is 9.74. The van der Waals surface area contributed by atoms with Gasteiger partial charge in [0.1, 0.15) is 0 Å². The Kier molecular flexibility index (Phi) is 5.37. The summed E-state index contributed by atoms with van der Waals surface area (Å²) in [6.07, 6.45) is 1.04. The maximum atomic E-state index is 5.49. The summed E-state index contributed by atoms with van der Waals surface area (Å²) in [7, 11) is 0. The van der Waals surface area contributed by atoms with E-state index in [4.69, 9.17) is 5.73 Å². The van der Waals surface area contributed by atoms with Gasteiger partial charge in [0.25, 0.3) is 0 Å². The van der Waals surface area contributed by atoms with Crippen LogP contribution in [0.25, 0.3) is 0 Å². The zero-order valence-corrected chi connectivity index (χ0v) is 9.74. The van der Waals surface area contributed by atoms with Crippen LogP contribution in [0.2, 0.25) is 0 Å². The van der Waals surface area contributed by atoms with Gasteiger partial charge in [0.2, 0.25) is 0 Å². The van der Waals surface area contributed by atoms with Crippen molar-refractivity contribution in [1.82, 2.24) is 5.32 Å². The number of hydrogen-bond acceptors (Lipinski definition) is 2. The summed E-state index contributed by atoms with van der Waals surface area (Å²) in [5.74, 6) is 0.602. The van der Waals surface area contributed by atoms with Gasteiger partial charge in [-0.25, -0.2) is 0 Å². The van der Waals surface area contributed by atoms with Crippen LogP contribution in [0.5, 0.6) is 0 Å². The third-order valence-corrected chi connectivity index (χ3v) is 2.57. The van der Waals surface area contributed by atoms with E-state index in [9.17, 15) is 0 Å². The van der Waals surface area contributed by atoms with Crippen LogP contribution >= 0.6 is 0 Å². The molecule has 84 valence electrons. The van der Waals surface area contributed by atoms with Crippen LogP contribution in [-0.4, -0.2) is 13.1 Å². The molecule has 0 aromatic heterocycles. The van der Waals surface area contributed by atoms with E-state index in [2.05, 4.69) is 49.5 Å². The molecule has 1 unspecified atom stereocenters. The minimum Gasteiger partial charge on any atom is -0.330 e. The normalized spacial score (nSPS) is 13.1. The highest BCUT2D eigenvalue weighted by molar-refractivity contribution is 5.19. The number of rotatable bonds is 6. The standard InChI is InChI=1S/C13H22N2/c1-11(2)13(15-10-6-9-14)12-7-4-3-5-8-12/h3-5,7-8,11,13,15H,6,9-10,14H2,1-2H3. The minimum atomic E-state index is 0.442. The Bertz CT molecular complexity index is 256. The van der Waals surface area contributed by atoms with Gasteiger partial charge in [-0.15, -0.1) is 0 Å². The molecule has 0 spiro atoms. The first-order valence-electron chi connectivity index (χ1n) is 5.74. The average molecular weight is 206 g/mol. The van der Waals surface area contributed by atoms with Crippen molar-refractivity contribution in [2.24, 2.45) is 11.7 Å². The van der Waals surface area contributed by atoms with Crippen molar-refractivity contribution >= 4 is 0 Å². The van der Waals surface area contributed by atoms with Crippen LogP contribution in [0.15, 0.2) is 30.3 Å². The third kappa shape index (κ3) is 4.02. The van der Waals surface area contributed by atoms with Gasteiger partial charge in [-0.3, -0.25) is 0 Å². The molecule has 0 fully saturated rings. The molecule has 15 heavy (non-hydrogen) atoms. The van der Waals surface area contributed by atoms with Crippen molar-refractivity contribution in [2.75, 3.05) is 13.1 Å². The molecule has 0 heterocycles. The fourth-order valence-electron chi connectivity index (χ4n) is 1.76. The van der Waals surface area contributed by atoms with Gasteiger partial charge in [0, 0.05) is 6.04 Å². The van der Waals surface area contributed by atoms with Crippen LogP contribution < -0.4 is 11.1 Å². The topological polar surface area (TPSA) is 38.0 Å². The monoisotopic (exact) mass is 206 g/mol. The SMILES string of the molecule is CC(C)C(NCCCN)c1ccccc1. The molecule has 0 bridgehead atoms. The molecular weight excluding hydrogens is 184 g/mol. The molecule has 0 aliphatic carbocycles. The molecule has 0 amide bonds. The van der Waals surface area contributed by atoms with E-state index in [0.717, 1.165) is 19.5 Å². The van der Waals surface area contributed by atoms with Crippen molar-refractivity contribution in [1.29, 1.82) is 0 Å². The number of hydrogen-bond donors (Lipinski definition) is 2. The second-order valence-electron chi connectivity index (χ2n) is 4.23. The van der Waals surface area contributed by atoms with Crippen LogP contribution in [-0.2, 0) is 0 Å². The Morgan fingerprint density at radius 2 is 1.87 bits per heavy atom. The van der Waals surface area contributed by atoms with Gasteiger partial charge in [-0.1, -0.05) is 44.2 Å². The summed E-state index contributed by atoms with van der Waals surface area (Å²) < 4.78 is 0. The first-order valence-corrected chi connectivity index (χ1v) is 5.74. The second kappa shape index (κ2) is 6.59. The van der Waals surface area contributed by atoms with Gasteiger partial charge in [0.15, 0.2) is 0 Å². The lowest BCUT2D eigenvalue weighted by Crippen LogP contribution is -2.27. The Morgan fingerprint density at radius 1 is 1.20 bits per heavy atom. The molecule has 1 rings (SSSR count). The quantitative estimate of drug-likeness (QED) is 0.701. The second-order valence-corrected chi connectivity index (χ2v) is 4.23. The molecule has 1 atom stereocenters. The van der Waals surface area contributed by atoms with Crippen LogP contribution in [0, 0.1) is 5.92 Å². The van der Waals surface area contributed by atoms with E-state index >= 15 is 0 Å². The van der Waals surface area contributed by atoms with Gasteiger partial charge < -0.3 is 11.1 Å². The Hall–Kier alpha value is -0.860. The Labute approximate surface area is 92.9 Å². The van der Waals surface area contributed by atoms with Crippen molar-refractivity contribution in [3.8, 4) is 0 Å². The predicted octanol–water partition coefficient (Wildman–Crippen LogP) is 2.32. The molecule has 1 aromatic carbocycles. The molecule has 1 aromatic rings. The maximum absolute atomic E-state index is 5.49. The van der Waals surface area contributed by atoms with Crippen molar-refractivity contribution in [2.45, 2.75) is 26.3 Å². The lowest BCUT2D eigenvalue weighted by atomic mass is 9.96. The fraction of sp³-hybridized carbons (Fsp3) is 0.538. The smallest absolute Gasteiger partial charge is 0.0343 e. The average Bonchev–Trinajstić information content (AvgIpc) is 2.25. The van der Waals surface area contributed by atoms with E-state index in [1.807, 2.05) is 0 Å². The van der Waals surface area contributed by atoms with Gasteiger partial charge in [0.05, 0.1) is 0 Å². The molecule has 3 N–H and O–H groups in total. The predicted molar refractivity (Wildman–Crippen MR) is 65.7 cm³/mol. The molecule has 2 nitrogen and oxygen atoms in total. The summed E-state index contributed by atoms with van der Waals surface area (Å²) in [5, 5.41) is 3.56. The van der Waals surface area contributed by atoms with Gasteiger partial charge in [-0.05, 0) is 31.0 Å². The summed E-state index contributed by atoms with van der Waals surface area (Å²) in [5.41, 5.74) is 6.85. The first kappa shape index (κ1) is 12.2. The number of benzene rings is 1. The number of nitrogens with one attached hydrogen (secondary N) is 1. The highest BCUT2D eigenvalue weighted by Crippen LogP contribution is 2.20. The zero-order chi connectivity index (χ0) is 11.1. The van der Waals surface area contributed by atoms with E-state index in [1.54, 1.807) is 0 Å². The van der Waals surface area contributed by atoms with E-state index in [0.29, 0.717) is 12.0 Å². The maximum Gasteiger partial charge on any atom is 0.0343 e. The van der Waals surface area contributed by atoms with Crippen LogP contribution in [0.3, 0.4) is 0 Å². The summed E-state index contributed by atoms with van der Waals surface area (Å²) in [4.78, 5) is 0. The minimum absolute atomic E-state index is 0.442. The molecule has 2 heteroatoms. The summed E-state index contributed by atoms with van der Waals surface area (Å²) in [6.45, 7) is 6.24. The molecule has 0 saturated heterocycles. The fourth-order valence-corrected chi connectivity index (χ4v) is 1.76. The van der Waals surface area contributed by atoms with Crippen LogP contribution in [0.4, 0.5) is 0 Å². The summed E-state index contributed by atoms with van der Waals surface area (Å²) >= 11 is 0. The van der Waals surface area contributed by atoms with Crippen LogP contribution in [0.1, 0.15) is 31.9 Å².